The van der Waals surface area contributed by atoms with Gasteiger partial charge in [0.15, 0.2) is 0 Å². The van der Waals surface area contributed by atoms with Crippen LogP contribution in [0, 0.1) is 11.8 Å². The monoisotopic (exact) mass is 361 g/mol. The number of urea groups is 1. The molecule has 1 aromatic rings. The minimum Gasteiger partial charge on any atom is -0.481 e. The van der Waals surface area contributed by atoms with Crippen LogP contribution in [0.4, 0.5) is 4.79 Å². The predicted octanol–water partition coefficient (Wildman–Crippen LogP) is 2.78. The van der Waals surface area contributed by atoms with Crippen LogP contribution in [0.3, 0.4) is 0 Å². The molecule has 26 heavy (non-hydrogen) atoms. The molecule has 1 aliphatic heterocycles. The first kappa shape index (κ1) is 20.2. The third-order valence-electron chi connectivity index (χ3n) is 5.13. The lowest BCUT2D eigenvalue weighted by Gasteiger charge is -2.34. The number of aliphatic carboxylic acids is 1. The van der Waals surface area contributed by atoms with E-state index in [2.05, 4.69) is 30.1 Å². The van der Waals surface area contributed by atoms with Crippen molar-refractivity contribution < 1.29 is 14.7 Å². The van der Waals surface area contributed by atoms with E-state index in [1.54, 1.807) is 4.90 Å². The first-order chi connectivity index (χ1) is 12.4. The number of carboxylic acids is 1. The quantitative estimate of drug-likeness (QED) is 0.783. The molecule has 2 unspecified atom stereocenters. The molecule has 0 bridgehead atoms. The average molecular weight is 361 g/mol. The third kappa shape index (κ3) is 5.46. The number of carbonyl (C=O) groups excluding carboxylic acids is 1. The number of benzene rings is 1. The SMILES string of the molecule is CCN(CC)Cc1ccccc1CNC(=O)N1CC(C)CC(C(=O)O)C1. The lowest BCUT2D eigenvalue weighted by Crippen LogP contribution is -2.49. The number of amides is 2. The van der Waals surface area contributed by atoms with Crippen molar-refractivity contribution in [1.82, 2.24) is 15.1 Å². The molecule has 0 radical (unpaired) electrons. The van der Waals surface area contributed by atoms with Crippen molar-refractivity contribution in [3.05, 3.63) is 35.4 Å². The molecule has 0 aliphatic carbocycles. The Balaban J connectivity index is 1.98. The molecular weight excluding hydrogens is 330 g/mol. The van der Waals surface area contributed by atoms with Crippen molar-refractivity contribution >= 4 is 12.0 Å². The second-order valence-corrected chi connectivity index (χ2v) is 7.17. The number of piperidine rings is 1. The van der Waals surface area contributed by atoms with Gasteiger partial charge < -0.3 is 15.3 Å². The van der Waals surface area contributed by atoms with Gasteiger partial charge in [0.05, 0.1) is 5.92 Å². The number of carbonyl (C=O) groups is 2. The van der Waals surface area contributed by atoms with Crippen molar-refractivity contribution in [2.45, 2.75) is 40.3 Å². The van der Waals surface area contributed by atoms with Crippen molar-refractivity contribution in [2.75, 3.05) is 26.2 Å². The van der Waals surface area contributed by atoms with Gasteiger partial charge in [0.2, 0.25) is 0 Å². The molecule has 144 valence electrons. The summed E-state index contributed by atoms with van der Waals surface area (Å²) in [6, 6.07) is 7.96. The molecule has 1 aliphatic rings. The van der Waals surface area contributed by atoms with Crippen molar-refractivity contribution in [2.24, 2.45) is 11.8 Å². The minimum atomic E-state index is -0.820. The second-order valence-electron chi connectivity index (χ2n) is 7.17. The summed E-state index contributed by atoms with van der Waals surface area (Å²) >= 11 is 0. The fourth-order valence-corrected chi connectivity index (χ4v) is 3.55. The lowest BCUT2D eigenvalue weighted by molar-refractivity contribution is -0.143. The summed E-state index contributed by atoms with van der Waals surface area (Å²) in [5, 5.41) is 12.2. The van der Waals surface area contributed by atoms with Gasteiger partial charge in [-0.05, 0) is 36.6 Å². The average Bonchev–Trinajstić information content (AvgIpc) is 2.64. The van der Waals surface area contributed by atoms with E-state index >= 15 is 0 Å². The van der Waals surface area contributed by atoms with Crippen molar-refractivity contribution in [3.63, 3.8) is 0 Å². The summed E-state index contributed by atoms with van der Waals surface area (Å²) in [5.74, 6) is -1.09. The molecule has 0 spiro atoms. The Bertz CT molecular complexity index is 616. The van der Waals surface area contributed by atoms with E-state index in [1.807, 2.05) is 25.1 Å². The van der Waals surface area contributed by atoms with Crippen LogP contribution in [0.15, 0.2) is 24.3 Å². The maximum atomic E-state index is 12.5. The first-order valence-electron chi connectivity index (χ1n) is 9.49. The van der Waals surface area contributed by atoms with E-state index in [0.717, 1.165) is 25.2 Å². The van der Waals surface area contributed by atoms with Gasteiger partial charge in [0.1, 0.15) is 0 Å². The first-order valence-corrected chi connectivity index (χ1v) is 9.49. The molecule has 1 fully saturated rings. The van der Waals surface area contributed by atoms with Gasteiger partial charge in [0.25, 0.3) is 0 Å². The highest BCUT2D eigenvalue weighted by Crippen LogP contribution is 2.22. The molecule has 2 N–H and O–H groups in total. The van der Waals surface area contributed by atoms with E-state index in [9.17, 15) is 14.7 Å². The van der Waals surface area contributed by atoms with E-state index in [1.165, 1.54) is 5.56 Å². The topological polar surface area (TPSA) is 72.9 Å². The highest BCUT2D eigenvalue weighted by molar-refractivity contribution is 5.76. The van der Waals surface area contributed by atoms with E-state index in [0.29, 0.717) is 19.5 Å². The fraction of sp³-hybridized carbons (Fsp3) is 0.600. The van der Waals surface area contributed by atoms with Crippen molar-refractivity contribution in [3.8, 4) is 0 Å². The Labute approximate surface area is 156 Å². The molecule has 2 rings (SSSR count). The number of nitrogens with zero attached hydrogens (tertiary/aromatic N) is 2. The van der Waals surface area contributed by atoms with Crippen LogP contribution in [-0.4, -0.2) is 53.1 Å². The zero-order chi connectivity index (χ0) is 19.1. The number of carboxylic acid groups (broad SMARTS) is 1. The molecule has 1 heterocycles. The van der Waals surface area contributed by atoms with Gasteiger partial charge in [-0.3, -0.25) is 9.69 Å². The Kier molecular flexibility index (Phi) is 7.45. The number of nitrogens with one attached hydrogen (secondary N) is 1. The Morgan fingerprint density at radius 3 is 2.46 bits per heavy atom. The van der Waals surface area contributed by atoms with Crippen molar-refractivity contribution in [1.29, 1.82) is 0 Å². The van der Waals surface area contributed by atoms with Crippen LogP contribution in [0.5, 0.6) is 0 Å². The molecule has 0 aromatic heterocycles. The Hall–Kier alpha value is -2.08. The molecule has 1 saturated heterocycles. The normalized spacial score (nSPS) is 20.2. The summed E-state index contributed by atoms with van der Waals surface area (Å²) < 4.78 is 0. The molecule has 6 nitrogen and oxygen atoms in total. The highest BCUT2D eigenvalue weighted by atomic mass is 16.4. The zero-order valence-corrected chi connectivity index (χ0v) is 16.1. The second kappa shape index (κ2) is 9.57. The molecule has 6 heteroatoms. The van der Waals surface area contributed by atoms with Gasteiger partial charge in [-0.2, -0.15) is 0 Å². The van der Waals surface area contributed by atoms with Crippen LogP contribution >= 0.6 is 0 Å². The van der Waals surface area contributed by atoms with Crippen LogP contribution in [-0.2, 0) is 17.9 Å². The van der Waals surface area contributed by atoms with E-state index in [4.69, 9.17) is 0 Å². The Morgan fingerprint density at radius 2 is 1.85 bits per heavy atom. The third-order valence-corrected chi connectivity index (χ3v) is 5.13. The van der Waals surface area contributed by atoms with Gasteiger partial charge in [-0.15, -0.1) is 0 Å². The summed E-state index contributed by atoms with van der Waals surface area (Å²) in [6.07, 6.45) is 0.631. The molecule has 2 atom stereocenters. The van der Waals surface area contributed by atoms with Gasteiger partial charge >= 0.3 is 12.0 Å². The van der Waals surface area contributed by atoms with Crippen LogP contribution in [0.2, 0.25) is 0 Å². The van der Waals surface area contributed by atoms with E-state index < -0.39 is 11.9 Å². The number of likely N-dealkylation sites (tertiary alicyclic amines) is 1. The molecular formula is C20H31N3O3. The molecule has 2 amide bonds. The minimum absolute atomic E-state index is 0.180. The largest absolute Gasteiger partial charge is 0.481 e. The lowest BCUT2D eigenvalue weighted by atomic mass is 9.91. The summed E-state index contributed by atoms with van der Waals surface area (Å²) in [7, 11) is 0. The molecule has 1 aromatic carbocycles. The highest BCUT2D eigenvalue weighted by Gasteiger charge is 2.31. The predicted molar refractivity (Wildman–Crippen MR) is 102 cm³/mol. The van der Waals surface area contributed by atoms with Crippen LogP contribution in [0.25, 0.3) is 0 Å². The summed E-state index contributed by atoms with van der Waals surface area (Å²) in [6.45, 7) is 10.5. The van der Waals surface area contributed by atoms with Gasteiger partial charge in [-0.1, -0.05) is 45.0 Å². The zero-order valence-electron chi connectivity index (χ0n) is 16.1. The summed E-state index contributed by atoms with van der Waals surface area (Å²) in [5.41, 5.74) is 2.32. The number of hydrogen-bond donors (Lipinski definition) is 2. The van der Waals surface area contributed by atoms with E-state index in [-0.39, 0.29) is 18.5 Å². The van der Waals surface area contributed by atoms with Crippen LogP contribution < -0.4 is 5.32 Å². The van der Waals surface area contributed by atoms with Crippen LogP contribution in [0.1, 0.15) is 38.3 Å². The molecule has 0 saturated carbocycles. The maximum absolute atomic E-state index is 12.5. The summed E-state index contributed by atoms with van der Waals surface area (Å²) in [4.78, 5) is 27.8. The number of rotatable bonds is 7. The number of hydrogen-bond acceptors (Lipinski definition) is 3. The maximum Gasteiger partial charge on any atom is 0.317 e. The fourth-order valence-electron chi connectivity index (χ4n) is 3.55. The van der Waals surface area contributed by atoms with Gasteiger partial charge in [-0.25, -0.2) is 4.79 Å². The Morgan fingerprint density at radius 1 is 1.19 bits per heavy atom. The smallest absolute Gasteiger partial charge is 0.317 e. The standard InChI is InChI=1S/C20H31N3O3/c1-4-22(5-2)13-17-9-7-6-8-16(17)11-21-20(26)23-12-15(3)10-18(14-23)19(24)25/h6-9,15,18H,4-5,10-14H2,1-3H3,(H,21,26)(H,24,25). The van der Waals surface area contributed by atoms with Gasteiger partial charge in [0, 0.05) is 26.2 Å².